The minimum absolute atomic E-state index is 0.0564. The maximum Gasteiger partial charge on any atom is 0.127 e. The van der Waals surface area contributed by atoms with Crippen molar-refractivity contribution in [2.75, 3.05) is 26.9 Å². The van der Waals surface area contributed by atoms with Crippen molar-refractivity contribution in [1.29, 1.82) is 0 Å². The molecule has 0 saturated heterocycles. The average molecular weight is 283 g/mol. The summed E-state index contributed by atoms with van der Waals surface area (Å²) in [5, 5.41) is 21.5. The van der Waals surface area contributed by atoms with Gasteiger partial charge in [0.1, 0.15) is 24.2 Å². The molecule has 20 heavy (non-hydrogen) atoms. The number of nitrogens with one attached hydrogen (secondary N) is 1. The second-order valence-electron chi connectivity index (χ2n) is 5.15. The molecule has 1 aromatic rings. The van der Waals surface area contributed by atoms with E-state index < -0.39 is 6.10 Å². The molecule has 0 aliphatic heterocycles. The van der Waals surface area contributed by atoms with Crippen LogP contribution in [0.15, 0.2) is 18.2 Å². The third-order valence-corrected chi connectivity index (χ3v) is 2.78. The van der Waals surface area contributed by atoms with Crippen LogP contribution in [0.4, 0.5) is 0 Å². The van der Waals surface area contributed by atoms with Crippen LogP contribution in [0.5, 0.6) is 11.5 Å². The molecule has 3 N–H and O–H groups in total. The van der Waals surface area contributed by atoms with E-state index in [0.717, 1.165) is 12.1 Å². The molecule has 0 radical (unpaired) electrons. The van der Waals surface area contributed by atoms with E-state index in [-0.39, 0.29) is 13.2 Å². The second kappa shape index (κ2) is 8.79. The molecule has 114 valence electrons. The van der Waals surface area contributed by atoms with E-state index in [1.165, 1.54) is 0 Å². The van der Waals surface area contributed by atoms with Crippen molar-refractivity contribution in [2.45, 2.75) is 26.5 Å². The smallest absolute Gasteiger partial charge is 0.127 e. The number of methoxy groups -OCH3 is 1. The first kappa shape index (κ1) is 16.8. The predicted molar refractivity (Wildman–Crippen MR) is 78.1 cm³/mol. The number of rotatable bonds is 9. The van der Waals surface area contributed by atoms with Crippen LogP contribution in [0.2, 0.25) is 0 Å². The molecule has 0 bridgehead atoms. The van der Waals surface area contributed by atoms with Crippen molar-refractivity contribution in [3.8, 4) is 11.5 Å². The zero-order valence-corrected chi connectivity index (χ0v) is 12.4. The quantitative estimate of drug-likeness (QED) is 0.634. The summed E-state index contributed by atoms with van der Waals surface area (Å²) in [6, 6.07) is 5.60. The third kappa shape index (κ3) is 5.77. The first-order valence-corrected chi connectivity index (χ1v) is 6.86. The Morgan fingerprint density at radius 1 is 1.30 bits per heavy atom. The molecule has 1 unspecified atom stereocenters. The summed E-state index contributed by atoms with van der Waals surface area (Å²) in [4.78, 5) is 0. The lowest BCUT2D eigenvalue weighted by atomic mass is 10.1. The summed E-state index contributed by atoms with van der Waals surface area (Å²) in [7, 11) is 1.60. The molecule has 1 aromatic carbocycles. The molecule has 0 spiro atoms. The third-order valence-electron chi connectivity index (χ3n) is 2.78. The van der Waals surface area contributed by atoms with Gasteiger partial charge in [0.05, 0.1) is 13.7 Å². The van der Waals surface area contributed by atoms with Gasteiger partial charge < -0.3 is 25.0 Å². The standard InChI is InChI=1S/C15H25NO4/c1-11(2)7-16-8-12-4-5-14(19-3)6-15(12)20-10-13(18)9-17/h4-6,11,13,16-18H,7-10H2,1-3H3. The summed E-state index contributed by atoms with van der Waals surface area (Å²) in [5.74, 6) is 1.94. The summed E-state index contributed by atoms with van der Waals surface area (Å²) in [5.41, 5.74) is 0.997. The first-order valence-electron chi connectivity index (χ1n) is 6.86. The van der Waals surface area contributed by atoms with E-state index in [1.54, 1.807) is 13.2 Å². The monoisotopic (exact) mass is 283 g/mol. The molecule has 5 nitrogen and oxygen atoms in total. The van der Waals surface area contributed by atoms with Crippen molar-refractivity contribution >= 4 is 0 Å². The Kier molecular flexibility index (Phi) is 7.36. The van der Waals surface area contributed by atoms with Crippen LogP contribution < -0.4 is 14.8 Å². The van der Waals surface area contributed by atoms with Crippen molar-refractivity contribution < 1.29 is 19.7 Å². The Labute approximate surface area is 120 Å². The topological polar surface area (TPSA) is 71.0 Å². The summed E-state index contributed by atoms with van der Waals surface area (Å²) < 4.78 is 10.7. The second-order valence-corrected chi connectivity index (χ2v) is 5.15. The molecule has 1 atom stereocenters. The molecule has 0 aromatic heterocycles. The number of benzene rings is 1. The van der Waals surface area contributed by atoms with E-state index in [1.807, 2.05) is 12.1 Å². The maximum absolute atomic E-state index is 9.36. The molecule has 0 aliphatic rings. The van der Waals surface area contributed by atoms with E-state index in [0.29, 0.717) is 24.0 Å². The molecule has 0 aliphatic carbocycles. The van der Waals surface area contributed by atoms with Gasteiger partial charge in [-0.1, -0.05) is 19.9 Å². The zero-order valence-electron chi connectivity index (χ0n) is 12.4. The molecule has 0 amide bonds. The van der Waals surface area contributed by atoms with E-state index in [4.69, 9.17) is 14.6 Å². The van der Waals surface area contributed by atoms with Gasteiger partial charge in [0.25, 0.3) is 0 Å². The molecular weight excluding hydrogens is 258 g/mol. The largest absolute Gasteiger partial charge is 0.497 e. The number of ether oxygens (including phenoxy) is 2. The number of hydrogen-bond donors (Lipinski definition) is 3. The van der Waals surface area contributed by atoms with Gasteiger partial charge in [-0.2, -0.15) is 0 Å². The molecular formula is C15H25NO4. The molecule has 0 saturated carbocycles. The number of aliphatic hydroxyl groups is 2. The van der Waals surface area contributed by atoms with Gasteiger partial charge in [0.2, 0.25) is 0 Å². The van der Waals surface area contributed by atoms with Crippen LogP contribution in [-0.4, -0.2) is 43.2 Å². The van der Waals surface area contributed by atoms with Gasteiger partial charge in [-0.05, 0) is 18.5 Å². The van der Waals surface area contributed by atoms with Crippen LogP contribution in [0.1, 0.15) is 19.4 Å². The van der Waals surface area contributed by atoms with Crippen molar-refractivity contribution in [2.24, 2.45) is 5.92 Å². The Bertz CT molecular complexity index is 395. The van der Waals surface area contributed by atoms with Crippen molar-refractivity contribution in [1.82, 2.24) is 5.32 Å². The highest BCUT2D eigenvalue weighted by Crippen LogP contribution is 2.25. The predicted octanol–water partition coefficient (Wildman–Crippen LogP) is 1.17. The van der Waals surface area contributed by atoms with Gasteiger partial charge in [0.15, 0.2) is 0 Å². The lowest BCUT2D eigenvalue weighted by Gasteiger charge is -2.16. The van der Waals surface area contributed by atoms with Crippen LogP contribution in [0, 0.1) is 5.92 Å². The maximum atomic E-state index is 9.36. The summed E-state index contributed by atoms with van der Waals surface area (Å²) in [6.07, 6.45) is -0.877. The Hall–Kier alpha value is -1.30. The first-order chi connectivity index (χ1) is 9.56. The molecule has 5 heteroatoms. The highest BCUT2D eigenvalue weighted by Gasteiger charge is 2.09. The average Bonchev–Trinajstić information content (AvgIpc) is 2.45. The lowest BCUT2D eigenvalue weighted by Crippen LogP contribution is -2.23. The Morgan fingerprint density at radius 2 is 2.05 bits per heavy atom. The molecule has 1 rings (SSSR count). The van der Waals surface area contributed by atoms with E-state index in [2.05, 4.69) is 19.2 Å². The highest BCUT2D eigenvalue weighted by molar-refractivity contribution is 5.40. The summed E-state index contributed by atoms with van der Waals surface area (Å²) in [6.45, 7) is 5.65. The fourth-order valence-corrected chi connectivity index (χ4v) is 1.68. The fraction of sp³-hybridized carbons (Fsp3) is 0.600. The van der Waals surface area contributed by atoms with Crippen molar-refractivity contribution in [3.63, 3.8) is 0 Å². The highest BCUT2D eigenvalue weighted by atomic mass is 16.5. The Morgan fingerprint density at radius 3 is 2.65 bits per heavy atom. The van der Waals surface area contributed by atoms with E-state index in [9.17, 15) is 5.11 Å². The minimum Gasteiger partial charge on any atom is -0.497 e. The summed E-state index contributed by atoms with van der Waals surface area (Å²) >= 11 is 0. The van der Waals surface area contributed by atoms with Gasteiger partial charge in [0, 0.05) is 18.2 Å². The molecule has 0 fully saturated rings. The van der Waals surface area contributed by atoms with Gasteiger partial charge in [-0.15, -0.1) is 0 Å². The van der Waals surface area contributed by atoms with E-state index >= 15 is 0 Å². The fourth-order valence-electron chi connectivity index (χ4n) is 1.68. The van der Waals surface area contributed by atoms with Crippen LogP contribution in [0.3, 0.4) is 0 Å². The van der Waals surface area contributed by atoms with Gasteiger partial charge in [-0.25, -0.2) is 0 Å². The lowest BCUT2D eigenvalue weighted by molar-refractivity contribution is 0.0532. The SMILES string of the molecule is COc1ccc(CNCC(C)C)c(OCC(O)CO)c1. The number of aliphatic hydroxyl groups excluding tert-OH is 2. The number of hydrogen-bond acceptors (Lipinski definition) is 5. The normalized spacial score (nSPS) is 12.5. The zero-order chi connectivity index (χ0) is 15.0. The minimum atomic E-state index is -0.877. The van der Waals surface area contributed by atoms with Crippen LogP contribution >= 0.6 is 0 Å². The Balaban J connectivity index is 2.70. The van der Waals surface area contributed by atoms with Crippen LogP contribution in [-0.2, 0) is 6.54 Å². The van der Waals surface area contributed by atoms with Gasteiger partial charge in [-0.3, -0.25) is 0 Å². The van der Waals surface area contributed by atoms with Crippen molar-refractivity contribution in [3.05, 3.63) is 23.8 Å². The molecule has 0 heterocycles. The van der Waals surface area contributed by atoms with Crippen LogP contribution in [0.25, 0.3) is 0 Å². The van der Waals surface area contributed by atoms with Gasteiger partial charge >= 0.3 is 0 Å².